The van der Waals surface area contributed by atoms with Gasteiger partial charge in [0.15, 0.2) is 0 Å². The summed E-state index contributed by atoms with van der Waals surface area (Å²) in [6, 6.07) is 5.16. The molecule has 0 unspecified atom stereocenters. The van der Waals surface area contributed by atoms with Crippen molar-refractivity contribution < 1.29 is 13.2 Å². The van der Waals surface area contributed by atoms with Crippen LogP contribution in [0.25, 0.3) is 11.3 Å². The first-order valence-electron chi connectivity index (χ1n) is 6.95. The second kappa shape index (κ2) is 4.79. The van der Waals surface area contributed by atoms with Crippen molar-refractivity contribution in [2.75, 3.05) is 5.73 Å². The Kier molecular flexibility index (Phi) is 3.19. The molecule has 21 heavy (non-hydrogen) atoms. The Labute approximate surface area is 120 Å². The quantitative estimate of drug-likeness (QED) is 0.928. The average molecular weight is 295 g/mol. The molecule has 3 nitrogen and oxygen atoms in total. The normalized spacial score (nSPS) is 15.4. The average Bonchev–Trinajstić information content (AvgIpc) is 3.22. The third-order valence-electron chi connectivity index (χ3n) is 3.76. The molecule has 1 fully saturated rings. The number of nitrogens with zero attached hydrogens (tertiary/aromatic N) is 2. The number of imidazole rings is 1. The minimum atomic E-state index is -4.36. The summed E-state index contributed by atoms with van der Waals surface area (Å²) >= 11 is 0. The Bertz CT molecular complexity index is 669. The highest BCUT2D eigenvalue weighted by Gasteiger charge is 2.32. The number of hydrogen-bond acceptors (Lipinski definition) is 2. The van der Waals surface area contributed by atoms with Crippen LogP contribution in [0.2, 0.25) is 0 Å². The van der Waals surface area contributed by atoms with Gasteiger partial charge in [0, 0.05) is 18.0 Å². The molecule has 1 heterocycles. The van der Waals surface area contributed by atoms with E-state index in [1.54, 1.807) is 6.07 Å². The highest BCUT2D eigenvalue weighted by atomic mass is 19.4. The molecule has 1 aliphatic rings. The Balaban J connectivity index is 2.08. The van der Waals surface area contributed by atoms with Crippen molar-refractivity contribution >= 4 is 5.82 Å². The van der Waals surface area contributed by atoms with E-state index in [4.69, 9.17) is 5.73 Å². The fraction of sp³-hybridized carbons (Fsp3) is 0.400. The van der Waals surface area contributed by atoms with E-state index in [0.717, 1.165) is 30.8 Å². The number of hydrogen-bond donors (Lipinski definition) is 1. The van der Waals surface area contributed by atoms with Gasteiger partial charge in [-0.3, -0.25) is 0 Å². The van der Waals surface area contributed by atoms with Gasteiger partial charge in [0.25, 0.3) is 0 Å². The van der Waals surface area contributed by atoms with Crippen LogP contribution in [0.1, 0.15) is 37.1 Å². The van der Waals surface area contributed by atoms with Crippen LogP contribution in [-0.2, 0) is 12.7 Å². The minimum Gasteiger partial charge on any atom is -0.383 e. The number of nitrogens with two attached hydrogens (primary N) is 1. The maximum Gasteiger partial charge on any atom is 0.416 e. The first-order chi connectivity index (χ1) is 9.91. The van der Waals surface area contributed by atoms with Crippen LogP contribution in [0.4, 0.5) is 19.0 Å². The van der Waals surface area contributed by atoms with Crippen molar-refractivity contribution in [1.29, 1.82) is 0 Å². The molecule has 3 rings (SSSR count). The fourth-order valence-corrected chi connectivity index (χ4v) is 2.52. The zero-order valence-corrected chi connectivity index (χ0v) is 11.6. The number of rotatable bonds is 3. The van der Waals surface area contributed by atoms with Crippen LogP contribution in [0.3, 0.4) is 0 Å². The van der Waals surface area contributed by atoms with E-state index in [9.17, 15) is 13.2 Å². The van der Waals surface area contributed by atoms with Crippen molar-refractivity contribution in [2.45, 2.75) is 38.4 Å². The Morgan fingerprint density at radius 1 is 1.33 bits per heavy atom. The van der Waals surface area contributed by atoms with E-state index >= 15 is 0 Å². The molecule has 1 aliphatic carbocycles. The molecule has 0 bridgehead atoms. The molecular formula is C15H16F3N3. The Hall–Kier alpha value is -1.98. The lowest BCUT2D eigenvalue weighted by molar-refractivity contribution is -0.137. The lowest BCUT2D eigenvalue weighted by Crippen LogP contribution is -2.05. The molecule has 1 saturated carbocycles. The predicted molar refractivity (Wildman–Crippen MR) is 74.7 cm³/mol. The Morgan fingerprint density at radius 3 is 2.62 bits per heavy atom. The summed E-state index contributed by atoms with van der Waals surface area (Å²) in [6.07, 6.45) is -2.23. The lowest BCUT2D eigenvalue weighted by Gasteiger charge is -2.08. The van der Waals surface area contributed by atoms with Gasteiger partial charge in [-0.1, -0.05) is 12.1 Å². The second-order valence-corrected chi connectivity index (χ2v) is 5.30. The molecule has 2 N–H and O–H groups in total. The van der Waals surface area contributed by atoms with E-state index in [2.05, 4.69) is 4.98 Å². The van der Waals surface area contributed by atoms with E-state index in [0.29, 0.717) is 29.5 Å². The van der Waals surface area contributed by atoms with Crippen molar-refractivity contribution in [3.8, 4) is 11.3 Å². The summed E-state index contributed by atoms with van der Waals surface area (Å²) < 4.78 is 40.3. The van der Waals surface area contributed by atoms with E-state index in [1.807, 2.05) is 11.5 Å². The van der Waals surface area contributed by atoms with Gasteiger partial charge in [0.05, 0.1) is 5.56 Å². The molecule has 1 aromatic carbocycles. The predicted octanol–water partition coefficient (Wildman–Crippen LogP) is 4.05. The Morgan fingerprint density at radius 2 is 2.05 bits per heavy atom. The van der Waals surface area contributed by atoms with Crippen LogP contribution in [0, 0.1) is 0 Å². The van der Waals surface area contributed by atoms with Crippen molar-refractivity contribution in [2.24, 2.45) is 0 Å². The summed E-state index contributed by atoms with van der Waals surface area (Å²) in [5.41, 5.74) is 6.27. The van der Waals surface area contributed by atoms with Crippen LogP contribution >= 0.6 is 0 Å². The number of benzene rings is 1. The van der Waals surface area contributed by atoms with Gasteiger partial charge >= 0.3 is 6.18 Å². The smallest absolute Gasteiger partial charge is 0.383 e. The van der Waals surface area contributed by atoms with Gasteiger partial charge in [0.1, 0.15) is 17.3 Å². The summed E-state index contributed by atoms with van der Waals surface area (Å²) in [4.78, 5) is 4.51. The fourth-order valence-electron chi connectivity index (χ4n) is 2.52. The van der Waals surface area contributed by atoms with Crippen molar-refractivity contribution in [3.05, 3.63) is 35.7 Å². The largest absolute Gasteiger partial charge is 0.416 e. The summed E-state index contributed by atoms with van der Waals surface area (Å²) in [6.45, 7) is 2.63. The number of anilines is 1. The minimum absolute atomic E-state index is 0.395. The van der Waals surface area contributed by atoms with Gasteiger partial charge < -0.3 is 10.3 Å². The summed E-state index contributed by atoms with van der Waals surface area (Å²) in [7, 11) is 0. The number of nitrogen functional groups attached to an aromatic ring is 1. The van der Waals surface area contributed by atoms with Crippen molar-refractivity contribution in [3.63, 3.8) is 0 Å². The zero-order chi connectivity index (χ0) is 15.2. The molecule has 0 amide bonds. The van der Waals surface area contributed by atoms with Gasteiger partial charge in [-0.2, -0.15) is 13.2 Å². The second-order valence-electron chi connectivity index (χ2n) is 5.30. The molecule has 0 spiro atoms. The summed E-state index contributed by atoms with van der Waals surface area (Å²) in [5, 5.41) is 0. The molecule has 1 aromatic heterocycles. The monoisotopic (exact) mass is 295 g/mol. The maximum atomic E-state index is 12.8. The van der Waals surface area contributed by atoms with E-state index in [-0.39, 0.29) is 0 Å². The lowest BCUT2D eigenvalue weighted by atomic mass is 10.1. The zero-order valence-electron chi connectivity index (χ0n) is 11.6. The molecule has 0 aliphatic heterocycles. The number of halogens is 3. The molecule has 0 atom stereocenters. The maximum absolute atomic E-state index is 12.8. The molecular weight excluding hydrogens is 279 g/mol. The topological polar surface area (TPSA) is 43.8 Å². The van der Waals surface area contributed by atoms with Crippen molar-refractivity contribution in [1.82, 2.24) is 9.55 Å². The highest BCUT2D eigenvalue weighted by Crippen LogP contribution is 2.42. The van der Waals surface area contributed by atoms with Crippen LogP contribution in [0.5, 0.6) is 0 Å². The molecule has 0 radical (unpaired) electrons. The third kappa shape index (κ3) is 2.50. The molecule has 0 saturated heterocycles. The van der Waals surface area contributed by atoms with E-state index < -0.39 is 11.7 Å². The van der Waals surface area contributed by atoms with Crippen LogP contribution in [0.15, 0.2) is 24.3 Å². The third-order valence-corrected chi connectivity index (χ3v) is 3.76. The molecule has 2 aromatic rings. The van der Waals surface area contributed by atoms with E-state index in [1.165, 1.54) is 6.07 Å². The number of alkyl halides is 3. The molecule has 112 valence electrons. The van der Waals surface area contributed by atoms with Gasteiger partial charge in [0.2, 0.25) is 0 Å². The number of aromatic nitrogens is 2. The standard InChI is InChI=1S/C15H16F3N3/c1-2-21-13(19)12(20-14(21)9-6-7-9)10-4-3-5-11(8-10)15(16,17)18/h3-5,8-9H,2,6-7,19H2,1H3. The van der Waals surface area contributed by atoms with Crippen LogP contribution < -0.4 is 5.73 Å². The van der Waals surface area contributed by atoms with Gasteiger partial charge in [-0.25, -0.2) is 4.98 Å². The van der Waals surface area contributed by atoms with Gasteiger partial charge in [-0.05, 0) is 31.9 Å². The highest BCUT2D eigenvalue weighted by molar-refractivity contribution is 5.72. The molecule has 6 heteroatoms. The SMILES string of the molecule is CCn1c(C2CC2)nc(-c2cccc(C(F)(F)F)c2)c1N. The first kappa shape index (κ1) is 14.0. The van der Waals surface area contributed by atoms with Gasteiger partial charge in [-0.15, -0.1) is 0 Å². The first-order valence-corrected chi connectivity index (χ1v) is 6.95. The van der Waals surface area contributed by atoms with Crippen LogP contribution in [-0.4, -0.2) is 9.55 Å². The summed E-state index contributed by atoms with van der Waals surface area (Å²) in [5.74, 6) is 1.73.